The first-order chi connectivity index (χ1) is 10.7. The molecule has 22 heavy (non-hydrogen) atoms. The number of nitro benzene ring substituents is 1. The van der Waals surface area contributed by atoms with Crippen LogP contribution in [0, 0.1) is 10.1 Å². The predicted molar refractivity (Wildman–Crippen MR) is 83.0 cm³/mol. The molecule has 0 saturated carbocycles. The van der Waals surface area contributed by atoms with Crippen molar-refractivity contribution >= 4 is 27.5 Å². The summed E-state index contributed by atoms with van der Waals surface area (Å²) in [4.78, 5) is 14.8. The zero-order valence-electron chi connectivity index (χ0n) is 11.4. The number of para-hydroxylation sites is 1. The van der Waals surface area contributed by atoms with E-state index in [2.05, 4.69) is 10.1 Å². The summed E-state index contributed by atoms with van der Waals surface area (Å²) in [5.74, 6) is 0. The Bertz CT molecular complexity index is 1020. The van der Waals surface area contributed by atoms with E-state index < -0.39 is 4.92 Å². The van der Waals surface area contributed by atoms with Crippen molar-refractivity contribution in [1.82, 2.24) is 14.8 Å². The van der Waals surface area contributed by atoms with Crippen LogP contribution in [-0.2, 0) is 0 Å². The minimum Gasteiger partial charge on any atom is -0.258 e. The molecule has 6 heteroatoms. The molecule has 4 rings (SSSR count). The van der Waals surface area contributed by atoms with Gasteiger partial charge in [0.2, 0.25) is 0 Å². The Hall–Kier alpha value is -3.28. The second-order valence-corrected chi connectivity index (χ2v) is 4.94. The Kier molecular flexibility index (Phi) is 2.62. The monoisotopic (exact) mass is 290 g/mol. The molecule has 0 fully saturated rings. The lowest BCUT2D eigenvalue weighted by Crippen LogP contribution is -1.97. The zero-order valence-corrected chi connectivity index (χ0v) is 11.4. The van der Waals surface area contributed by atoms with Gasteiger partial charge >= 0.3 is 0 Å². The van der Waals surface area contributed by atoms with Gasteiger partial charge in [-0.1, -0.05) is 18.2 Å². The van der Waals surface area contributed by atoms with E-state index in [0.717, 1.165) is 27.5 Å². The summed E-state index contributed by atoms with van der Waals surface area (Å²) in [5, 5.41) is 16.9. The van der Waals surface area contributed by atoms with Gasteiger partial charge in [0.25, 0.3) is 5.69 Å². The quantitative estimate of drug-likeness (QED) is 0.418. The van der Waals surface area contributed by atoms with Crippen LogP contribution >= 0.6 is 0 Å². The van der Waals surface area contributed by atoms with Gasteiger partial charge in [-0.05, 0) is 18.2 Å². The molecule has 0 aliphatic carbocycles. The first kappa shape index (κ1) is 12.5. The van der Waals surface area contributed by atoms with E-state index in [0.29, 0.717) is 0 Å². The van der Waals surface area contributed by atoms with Gasteiger partial charge in [-0.3, -0.25) is 15.1 Å². The summed E-state index contributed by atoms with van der Waals surface area (Å²) in [5.41, 5.74) is 2.60. The lowest BCUT2D eigenvalue weighted by atomic mass is 10.2. The maximum absolute atomic E-state index is 10.8. The molecule has 0 unspecified atom stereocenters. The minimum atomic E-state index is -0.408. The number of fused-ring (bicyclic) bond motifs is 2. The van der Waals surface area contributed by atoms with E-state index >= 15 is 0 Å². The number of nitro groups is 1. The highest BCUT2D eigenvalue weighted by molar-refractivity contribution is 5.84. The fourth-order valence-corrected chi connectivity index (χ4v) is 2.51. The van der Waals surface area contributed by atoms with Crippen molar-refractivity contribution < 1.29 is 4.92 Å². The minimum absolute atomic E-state index is 0.0590. The normalized spacial score (nSPS) is 11.1. The van der Waals surface area contributed by atoms with Gasteiger partial charge in [0.05, 0.1) is 34.0 Å². The summed E-state index contributed by atoms with van der Waals surface area (Å²) in [7, 11) is 0. The highest BCUT2D eigenvalue weighted by Crippen LogP contribution is 2.24. The SMILES string of the molecule is O=[N+]([O-])c1ccc2c(cnn2-c2cnc3ccccc3c2)c1. The molecule has 0 N–H and O–H groups in total. The number of non-ortho nitro benzene ring substituents is 1. The molecule has 0 amide bonds. The Morgan fingerprint density at radius 1 is 1.00 bits per heavy atom. The molecule has 2 heterocycles. The molecule has 0 spiro atoms. The van der Waals surface area contributed by atoms with Gasteiger partial charge in [0.15, 0.2) is 0 Å². The average Bonchev–Trinajstić information content (AvgIpc) is 2.97. The van der Waals surface area contributed by atoms with Gasteiger partial charge < -0.3 is 0 Å². The second-order valence-electron chi connectivity index (χ2n) is 4.94. The van der Waals surface area contributed by atoms with Crippen molar-refractivity contribution in [3.63, 3.8) is 0 Å². The Balaban J connectivity index is 1.90. The molecule has 2 aromatic carbocycles. The molecule has 0 bridgehead atoms. The number of benzene rings is 2. The third-order valence-electron chi connectivity index (χ3n) is 3.58. The summed E-state index contributed by atoms with van der Waals surface area (Å²) in [6.07, 6.45) is 3.37. The lowest BCUT2D eigenvalue weighted by Gasteiger charge is -2.04. The van der Waals surface area contributed by atoms with Crippen LogP contribution in [0.15, 0.2) is 60.9 Å². The molecule has 4 aromatic rings. The first-order valence-corrected chi connectivity index (χ1v) is 6.70. The molecule has 0 aliphatic rings. The van der Waals surface area contributed by atoms with Crippen molar-refractivity contribution in [3.05, 3.63) is 71.0 Å². The fraction of sp³-hybridized carbons (Fsp3) is 0. The highest BCUT2D eigenvalue weighted by atomic mass is 16.6. The molecule has 2 aromatic heterocycles. The van der Waals surface area contributed by atoms with E-state index in [1.165, 1.54) is 12.1 Å². The van der Waals surface area contributed by atoms with Crippen LogP contribution in [0.3, 0.4) is 0 Å². The third-order valence-corrected chi connectivity index (χ3v) is 3.58. The summed E-state index contributed by atoms with van der Waals surface area (Å²) in [6, 6.07) is 14.5. The molecule has 0 atom stereocenters. The van der Waals surface area contributed by atoms with Crippen molar-refractivity contribution in [2.24, 2.45) is 0 Å². The van der Waals surface area contributed by atoms with Crippen LogP contribution in [0.1, 0.15) is 0 Å². The lowest BCUT2D eigenvalue weighted by molar-refractivity contribution is -0.384. The smallest absolute Gasteiger partial charge is 0.258 e. The van der Waals surface area contributed by atoms with E-state index in [9.17, 15) is 10.1 Å². The molecule has 0 radical (unpaired) electrons. The average molecular weight is 290 g/mol. The largest absolute Gasteiger partial charge is 0.270 e. The Morgan fingerprint density at radius 3 is 2.73 bits per heavy atom. The van der Waals surface area contributed by atoms with Crippen molar-refractivity contribution in [2.45, 2.75) is 0 Å². The standard InChI is InChI=1S/C16H10N4O2/c21-20(22)13-5-6-16-12(8-13)9-18-19(16)14-7-11-3-1-2-4-15(11)17-10-14/h1-10H. The Morgan fingerprint density at radius 2 is 1.86 bits per heavy atom. The second kappa shape index (κ2) is 4.63. The molecule has 6 nitrogen and oxygen atoms in total. The van der Waals surface area contributed by atoms with Gasteiger partial charge in [0.1, 0.15) is 0 Å². The summed E-state index contributed by atoms with van der Waals surface area (Å²) < 4.78 is 1.73. The van der Waals surface area contributed by atoms with Crippen LogP contribution in [0.5, 0.6) is 0 Å². The van der Waals surface area contributed by atoms with Crippen molar-refractivity contribution in [1.29, 1.82) is 0 Å². The topological polar surface area (TPSA) is 73.8 Å². The van der Waals surface area contributed by atoms with Crippen LogP contribution < -0.4 is 0 Å². The number of pyridine rings is 1. The maximum Gasteiger partial charge on any atom is 0.270 e. The van der Waals surface area contributed by atoms with Gasteiger partial charge in [-0.25, -0.2) is 4.68 Å². The molecular weight excluding hydrogens is 280 g/mol. The van der Waals surface area contributed by atoms with Crippen LogP contribution in [-0.4, -0.2) is 19.7 Å². The van der Waals surface area contributed by atoms with Gasteiger partial charge in [0, 0.05) is 22.9 Å². The summed E-state index contributed by atoms with van der Waals surface area (Å²) in [6.45, 7) is 0. The van der Waals surface area contributed by atoms with E-state index in [1.807, 2.05) is 30.3 Å². The van der Waals surface area contributed by atoms with Gasteiger partial charge in [-0.15, -0.1) is 0 Å². The number of rotatable bonds is 2. The third kappa shape index (κ3) is 1.89. The van der Waals surface area contributed by atoms with Crippen LogP contribution in [0.4, 0.5) is 5.69 Å². The number of nitrogens with zero attached hydrogens (tertiary/aromatic N) is 4. The first-order valence-electron chi connectivity index (χ1n) is 6.70. The Labute approximate surface area is 124 Å². The fourth-order valence-electron chi connectivity index (χ4n) is 2.51. The molecule has 0 saturated heterocycles. The zero-order chi connectivity index (χ0) is 15.1. The molecule has 106 valence electrons. The highest BCUT2D eigenvalue weighted by Gasteiger charge is 2.11. The van der Waals surface area contributed by atoms with Crippen LogP contribution in [0.25, 0.3) is 27.5 Å². The van der Waals surface area contributed by atoms with E-state index in [-0.39, 0.29) is 5.69 Å². The number of hydrogen-bond acceptors (Lipinski definition) is 4. The number of aromatic nitrogens is 3. The van der Waals surface area contributed by atoms with E-state index in [1.54, 1.807) is 23.1 Å². The van der Waals surface area contributed by atoms with E-state index in [4.69, 9.17) is 0 Å². The molecule has 0 aliphatic heterocycles. The van der Waals surface area contributed by atoms with Gasteiger partial charge in [-0.2, -0.15) is 5.10 Å². The summed E-state index contributed by atoms with van der Waals surface area (Å²) >= 11 is 0. The maximum atomic E-state index is 10.8. The number of hydrogen-bond donors (Lipinski definition) is 0. The van der Waals surface area contributed by atoms with Crippen molar-refractivity contribution in [2.75, 3.05) is 0 Å². The molecular formula is C16H10N4O2. The van der Waals surface area contributed by atoms with Crippen molar-refractivity contribution in [3.8, 4) is 5.69 Å². The van der Waals surface area contributed by atoms with Crippen LogP contribution in [0.2, 0.25) is 0 Å². The predicted octanol–water partition coefficient (Wildman–Crippen LogP) is 3.48.